The van der Waals surface area contributed by atoms with Crippen molar-refractivity contribution in [3.8, 4) is 0 Å². The van der Waals surface area contributed by atoms with Crippen LogP contribution in [-0.4, -0.2) is 40.7 Å². The highest BCUT2D eigenvalue weighted by Gasteiger charge is 2.44. The third-order valence-electron chi connectivity index (χ3n) is 4.07. The number of carbonyl (C=O) groups excluding carboxylic acids is 3. The second-order valence-electron chi connectivity index (χ2n) is 5.49. The molecule has 0 bridgehead atoms. The third-order valence-corrected chi connectivity index (χ3v) is 4.07. The zero-order chi connectivity index (χ0) is 14.0. The number of piperazine rings is 1. The average molecular weight is 267 g/mol. The Kier molecular flexibility index (Phi) is 3.89. The van der Waals surface area contributed by atoms with Crippen LogP contribution in [0.5, 0.6) is 0 Å². The molecule has 0 spiro atoms. The fourth-order valence-corrected chi connectivity index (χ4v) is 2.97. The molecule has 1 heterocycles. The molecule has 2 aliphatic rings. The van der Waals surface area contributed by atoms with Gasteiger partial charge in [-0.1, -0.05) is 26.2 Å². The van der Waals surface area contributed by atoms with Crippen LogP contribution in [0.1, 0.15) is 45.4 Å². The van der Waals surface area contributed by atoms with Crippen molar-refractivity contribution in [1.82, 2.24) is 10.2 Å². The van der Waals surface area contributed by atoms with Crippen LogP contribution in [0, 0.1) is 0 Å². The van der Waals surface area contributed by atoms with Gasteiger partial charge >= 0.3 is 0 Å². The maximum absolute atomic E-state index is 12.6. The van der Waals surface area contributed by atoms with Crippen molar-refractivity contribution in [2.75, 3.05) is 6.54 Å². The van der Waals surface area contributed by atoms with Gasteiger partial charge in [0.15, 0.2) is 0 Å². The van der Waals surface area contributed by atoms with Crippen molar-refractivity contribution in [3.63, 3.8) is 0 Å². The van der Waals surface area contributed by atoms with Gasteiger partial charge in [-0.2, -0.15) is 0 Å². The van der Waals surface area contributed by atoms with Crippen LogP contribution in [0.15, 0.2) is 0 Å². The van der Waals surface area contributed by atoms with Crippen LogP contribution in [-0.2, 0) is 14.4 Å². The predicted octanol–water partition coefficient (Wildman–Crippen LogP) is -0.0884. The van der Waals surface area contributed by atoms with Gasteiger partial charge in [0.25, 0.3) is 0 Å². The Morgan fingerprint density at radius 1 is 1.37 bits per heavy atom. The lowest BCUT2D eigenvalue weighted by Gasteiger charge is -2.41. The Labute approximate surface area is 112 Å². The Balaban J connectivity index is 2.19. The molecule has 0 aromatic heterocycles. The molecule has 6 nitrogen and oxygen atoms in total. The lowest BCUT2D eigenvalue weighted by molar-refractivity contribution is -0.153. The van der Waals surface area contributed by atoms with E-state index in [1.54, 1.807) is 0 Å². The van der Waals surface area contributed by atoms with E-state index in [9.17, 15) is 14.4 Å². The molecule has 1 saturated carbocycles. The zero-order valence-corrected chi connectivity index (χ0v) is 11.3. The number of nitrogens with one attached hydrogen (secondary N) is 1. The van der Waals surface area contributed by atoms with Crippen molar-refractivity contribution >= 4 is 17.7 Å². The number of amides is 3. The summed E-state index contributed by atoms with van der Waals surface area (Å²) in [6, 6.07) is -0.576. The van der Waals surface area contributed by atoms with Crippen LogP contribution in [0.25, 0.3) is 0 Å². The lowest BCUT2D eigenvalue weighted by Crippen LogP contribution is -2.66. The van der Waals surface area contributed by atoms with Crippen molar-refractivity contribution in [1.29, 1.82) is 0 Å². The SMILES string of the molecule is CCC1C(=O)NC(=O)CN1C(=O)C1(N)CCCCC1. The summed E-state index contributed by atoms with van der Waals surface area (Å²) in [4.78, 5) is 37.2. The van der Waals surface area contributed by atoms with Gasteiger partial charge in [-0.25, -0.2) is 0 Å². The minimum absolute atomic E-state index is 0.0674. The second-order valence-corrected chi connectivity index (χ2v) is 5.49. The molecule has 1 atom stereocenters. The summed E-state index contributed by atoms with van der Waals surface area (Å²) >= 11 is 0. The number of hydrogen-bond acceptors (Lipinski definition) is 4. The van der Waals surface area contributed by atoms with Gasteiger partial charge < -0.3 is 10.6 Å². The summed E-state index contributed by atoms with van der Waals surface area (Å²) in [6.07, 6.45) is 4.69. The Morgan fingerprint density at radius 3 is 2.58 bits per heavy atom. The van der Waals surface area contributed by atoms with E-state index in [2.05, 4.69) is 5.32 Å². The molecule has 1 saturated heterocycles. The summed E-state index contributed by atoms with van der Waals surface area (Å²) < 4.78 is 0. The van der Waals surface area contributed by atoms with E-state index in [0.29, 0.717) is 19.3 Å². The first-order chi connectivity index (χ1) is 8.98. The molecule has 0 radical (unpaired) electrons. The molecule has 1 unspecified atom stereocenters. The molecule has 1 aliphatic heterocycles. The lowest BCUT2D eigenvalue weighted by atomic mass is 9.81. The van der Waals surface area contributed by atoms with Crippen molar-refractivity contribution < 1.29 is 14.4 Å². The van der Waals surface area contributed by atoms with Crippen LogP contribution in [0.2, 0.25) is 0 Å². The third kappa shape index (κ3) is 2.63. The smallest absolute Gasteiger partial charge is 0.249 e. The number of carbonyl (C=O) groups is 3. The molecule has 3 amide bonds. The van der Waals surface area contributed by atoms with Crippen LogP contribution < -0.4 is 11.1 Å². The van der Waals surface area contributed by atoms with E-state index < -0.39 is 23.4 Å². The maximum atomic E-state index is 12.6. The molecule has 1 aliphatic carbocycles. The summed E-state index contributed by atoms with van der Waals surface area (Å²) in [5.74, 6) is -1.07. The molecule has 2 rings (SSSR count). The molecular formula is C13H21N3O3. The summed E-state index contributed by atoms with van der Waals surface area (Å²) in [5, 5.41) is 2.27. The molecule has 2 fully saturated rings. The minimum atomic E-state index is -0.899. The molecule has 106 valence electrons. The minimum Gasteiger partial charge on any atom is -0.320 e. The maximum Gasteiger partial charge on any atom is 0.249 e. The van der Waals surface area contributed by atoms with Gasteiger partial charge in [0.05, 0.1) is 5.54 Å². The fourth-order valence-electron chi connectivity index (χ4n) is 2.97. The van der Waals surface area contributed by atoms with E-state index in [1.807, 2.05) is 6.92 Å². The molecule has 0 aromatic carbocycles. The largest absolute Gasteiger partial charge is 0.320 e. The highest BCUT2D eigenvalue weighted by molar-refractivity contribution is 6.05. The molecular weight excluding hydrogens is 246 g/mol. The fraction of sp³-hybridized carbons (Fsp3) is 0.769. The number of nitrogens with zero attached hydrogens (tertiary/aromatic N) is 1. The van der Waals surface area contributed by atoms with E-state index in [-0.39, 0.29) is 12.5 Å². The van der Waals surface area contributed by atoms with Crippen LogP contribution >= 0.6 is 0 Å². The van der Waals surface area contributed by atoms with E-state index >= 15 is 0 Å². The number of hydrogen-bond donors (Lipinski definition) is 2. The monoisotopic (exact) mass is 267 g/mol. The van der Waals surface area contributed by atoms with Gasteiger partial charge in [0.2, 0.25) is 17.7 Å². The topological polar surface area (TPSA) is 92.5 Å². The Bertz CT molecular complexity index is 402. The zero-order valence-electron chi connectivity index (χ0n) is 11.3. The second kappa shape index (κ2) is 5.28. The van der Waals surface area contributed by atoms with Crippen molar-refractivity contribution in [2.24, 2.45) is 5.73 Å². The number of rotatable bonds is 2. The highest BCUT2D eigenvalue weighted by Crippen LogP contribution is 2.29. The van der Waals surface area contributed by atoms with E-state index in [0.717, 1.165) is 19.3 Å². The van der Waals surface area contributed by atoms with Gasteiger partial charge in [0, 0.05) is 0 Å². The first-order valence-corrected chi connectivity index (χ1v) is 6.91. The summed E-state index contributed by atoms with van der Waals surface area (Å²) in [5.41, 5.74) is 5.31. The molecule has 0 aromatic rings. The van der Waals surface area contributed by atoms with E-state index in [1.165, 1.54) is 4.90 Å². The van der Waals surface area contributed by atoms with Gasteiger partial charge in [0.1, 0.15) is 12.6 Å². The highest BCUT2D eigenvalue weighted by atomic mass is 16.2. The molecule has 6 heteroatoms. The standard InChI is InChI=1S/C13H21N3O3/c1-2-9-11(18)15-10(17)8-16(9)12(19)13(14)6-4-3-5-7-13/h9H,2-8,14H2,1H3,(H,15,17,18). The van der Waals surface area contributed by atoms with Crippen LogP contribution in [0.4, 0.5) is 0 Å². The number of nitrogens with two attached hydrogens (primary N) is 1. The van der Waals surface area contributed by atoms with Crippen LogP contribution in [0.3, 0.4) is 0 Å². The first kappa shape index (κ1) is 14.0. The summed E-state index contributed by atoms with van der Waals surface area (Å²) in [7, 11) is 0. The Morgan fingerprint density at radius 2 is 2.00 bits per heavy atom. The van der Waals surface area contributed by atoms with Gasteiger partial charge in [-0.15, -0.1) is 0 Å². The van der Waals surface area contributed by atoms with E-state index in [4.69, 9.17) is 5.73 Å². The molecule has 3 N–H and O–H groups in total. The predicted molar refractivity (Wildman–Crippen MR) is 68.9 cm³/mol. The van der Waals surface area contributed by atoms with Gasteiger partial charge in [-0.3, -0.25) is 19.7 Å². The number of imide groups is 1. The molecule has 19 heavy (non-hydrogen) atoms. The average Bonchev–Trinajstić information content (AvgIpc) is 2.38. The normalized spacial score (nSPS) is 27.1. The Hall–Kier alpha value is -1.43. The quantitative estimate of drug-likeness (QED) is 0.684. The van der Waals surface area contributed by atoms with Crippen molar-refractivity contribution in [2.45, 2.75) is 57.0 Å². The van der Waals surface area contributed by atoms with Gasteiger partial charge in [-0.05, 0) is 19.3 Å². The summed E-state index contributed by atoms with van der Waals surface area (Å²) in [6.45, 7) is 1.76. The first-order valence-electron chi connectivity index (χ1n) is 6.91. The van der Waals surface area contributed by atoms with Crippen molar-refractivity contribution in [3.05, 3.63) is 0 Å².